The standard InChI is InChI=1S/C19H26N4O3S/c24-19(12-16-13-22-10-4-3-9-18(22)20-16)23-11-5-8-17(14-23)27(25,26)21-15-6-1-2-7-15/h3-4,9-10,13,15,17,21H,1-2,5-8,11-12,14H2. The Morgan fingerprint density at radius 1 is 1.19 bits per heavy atom. The summed E-state index contributed by atoms with van der Waals surface area (Å²) in [6.45, 7) is 0.885. The van der Waals surface area contributed by atoms with Crippen LogP contribution in [-0.4, -0.2) is 53.0 Å². The number of nitrogens with zero attached hydrogens (tertiary/aromatic N) is 3. The molecule has 1 amide bonds. The summed E-state index contributed by atoms with van der Waals surface area (Å²) in [6, 6.07) is 5.79. The van der Waals surface area contributed by atoms with Crippen LogP contribution in [0.2, 0.25) is 0 Å². The van der Waals surface area contributed by atoms with Gasteiger partial charge in [-0.3, -0.25) is 4.79 Å². The normalized spacial score (nSPS) is 21.8. The molecule has 1 aliphatic heterocycles. The molecule has 0 spiro atoms. The summed E-state index contributed by atoms with van der Waals surface area (Å²) in [5.74, 6) is -0.0563. The lowest BCUT2D eigenvalue weighted by molar-refractivity contribution is -0.131. The minimum Gasteiger partial charge on any atom is -0.341 e. The second kappa shape index (κ2) is 7.59. The molecule has 7 nitrogen and oxygen atoms in total. The van der Waals surface area contributed by atoms with Crippen molar-refractivity contribution in [1.29, 1.82) is 0 Å². The first-order chi connectivity index (χ1) is 13.0. The average molecular weight is 391 g/mol. The summed E-state index contributed by atoms with van der Waals surface area (Å²) in [7, 11) is -3.39. The van der Waals surface area contributed by atoms with Crippen molar-refractivity contribution in [2.24, 2.45) is 0 Å². The smallest absolute Gasteiger partial charge is 0.228 e. The van der Waals surface area contributed by atoms with Crippen LogP contribution in [0.1, 0.15) is 44.2 Å². The van der Waals surface area contributed by atoms with E-state index in [9.17, 15) is 13.2 Å². The predicted molar refractivity (Wildman–Crippen MR) is 103 cm³/mol. The molecule has 0 radical (unpaired) electrons. The molecule has 8 heteroatoms. The van der Waals surface area contributed by atoms with Crippen LogP contribution in [0.5, 0.6) is 0 Å². The molecule has 4 rings (SSSR count). The molecule has 2 aromatic heterocycles. The Labute approximate surface area is 159 Å². The molecule has 1 aliphatic carbocycles. The number of rotatable bonds is 5. The van der Waals surface area contributed by atoms with Crippen LogP contribution >= 0.6 is 0 Å². The third-order valence-corrected chi connectivity index (χ3v) is 7.53. The van der Waals surface area contributed by atoms with E-state index in [1.165, 1.54) is 0 Å². The summed E-state index contributed by atoms with van der Waals surface area (Å²) < 4.78 is 30.2. The van der Waals surface area contributed by atoms with E-state index in [0.717, 1.165) is 31.3 Å². The van der Waals surface area contributed by atoms with E-state index >= 15 is 0 Å². The van der Waals surface area contributed by atoms with Gasteiger partial charge >= 0.3 is 0 Å². The highest BCUT2D eigenvalue weighted by Crippen LogP contribution is 2.22. The molecule has 1 saturated heterocycles. The van der Waals surface area contributed by atoms with Gasteiger partial charge in [0.25, 0.3) is 0 Å². The monoisotopic (exact) mass is 390 g/mol. The molecular weight excluding hydrogens is 364 g/mol. The van der Waals surface area contributed by atoms with E-state index in [-0.39, 0.29) is 24.9 Å². The van der Waals surface area contributed by atoms with Crippen LogP contribution in [0.4, 0.5) is 0 Å². The zero-order valence-corrected chi connectivity index (χ0v) is 16.2. The van der Waals surface area contributed by atoms with Crippen LogP contribution < -0.4 is 4.72 Å². The van der Waals surface area contributed by atoms with Crippen LogP contribution in [-0.2, 0) is 21.2 Å². The van der Waals surface area contributed by atoms with Crippen LogP contribution in [0.25, 0.3) is 5.65 Å². The molecule has 0 bridgehead atoms. The van der Waals surface area contributed by atoms with Crippen molar-refractivity contribution in [3.63, 3.8) is 0 Å². The van der Waals surface area contributed by atoms with Crippen LogP contribution in [0.3, 0.4) is 0 Å². The quantitative estimate of drug-likeness (QED) is 0.843. The minimum atomic E-state index is -3.39. The Bertz CT molecular complexity index is 885. The fraction of sp³-hybridized carbons (Fsp3) is 0.579. The molecule has 2 aromatic rings. The molecular formula is C19H26N4O3S. The maximum Gasteiger partial charge on any atom is 0.228 e. The van der Waals surface area contributed by atoms with E-state index in [2.05, 4.69) is 9.71 Å². The number of fused-ring (bicyclic) bond motifs is 1. The number of aromatic nitrogens is 2. The zero-order valence-electron chi connectivity index (χ0n) is 15.4. The van der Waals surface area contributed by atoms with Gasteiger partial charge in [-0.2, -0.15) is 0 Å². The lowest BCUT2D eigenvalue weighted by atomic mass is 10.1. The molecule has 27 heavy (non-hydrogen) atoms. The number of imidazole rings is 1. The second-order valence-corrected chi connectivity index (χ2v) is 9.62. The number of nitrogens with one attached hydrogen (secondary N) is 1. The van der Waals surface area contributed by atoms with Crippen molar-refractivity contribution in [3.05, 3.63) is 36.3 Å². The first kappa shape index (κ1) is 18.4. The molecule has 0 aromatic carbocycles. The number of amides is 1. The highest BCUT2D eigenvalue weighted by atomic mass is 32.2. The highest BCUT2D eigenvalue weighted by Gasteiger charge is 2.34. The van der Waals surface area contributed by atoms with Crippen molar-refractivity contribution in [3.8, 4) is 0 Å². The van der Waals surface area contributed by atoms with Gasteiger partial charge in [-0.1, -0.05) is 18.9 Å². The molecule has 1 saturated carbocycles. The fourth-order valence-electron chi connectivity index (χ4n) is 4.13. The van der Waals surface area contributed by atoms with Gasteiger partial charge in [0, 0.05) is 31.5 Å². The van der Waals surface area contributed by atoms with E-state index < -0.39 is 15.3 Å². The van der Waals surface area contributed by atoms with Gasteiger partial charge in [0.1, 0.15) is 5.65 Å². The maximum absolute atomic E-state index is 12.7. The number of carbonyl (C=O) groups is 1. The number of pyridine rings is 1. The first-order valence-electron chi connectivity index (χ1n) is 9.73. The molecule has 1 atom stereocenters. The Morgan fingerprint density at radius 2 is 2.00 bits per heavy atom. The summed E-state index contributed by atoms with van der Waals surface area (Å²) >= 11 is 0. The van der Waals surface area contributed by atoms with Gasteiger partial charge in [-0.05, 0) is 37.8 Å². The number of piperidine rings is 1. The molecule has 3 heterocycles. The molecule has 2 aliphatic rings. The van der Waals surface area contributed by atoms with Gasteiger partial charge in [-0.15, -0.1) is 0 Å². The topological polar surface area (TPSA) is 83.8 Å². The van der Waals surface area contributed by atoms with Gasteiger partial charge in [0.05, 0.1) is 17.4 Å². The highest BCUT2D eigenvalue weighted by molar-refractivity contribution is 7.90. The average Bonchev–Trinajstić information content (AvgIpc) is 3.30. The van der Waals surface area contributed by atoms with E-state index in [1.807, 2.05) is 35.0 Å². The largest absolute Gasteiger partial charge is 0.341 e. The van der Waals surface area contributed by atoms with Gasteiger partial charge in [-0.25, -0.2) is 18.1 Å². The van der Waals surface area contributed by atoms with Crippen LogP contribution in [0.15, 0.2) is 30.6 Å². The van der Waals surface area contributed by atoms with E-state index in [4.69, 9.17) is 0 Å². The number of sulfonamides is 1. The summed E-state index contributed by atoms with van der Waals surface area (Å²) in [5.41, 5.74) is 1.51. The lowest BCUT2D eigenvalue weighted by Crippen LogP contribution is -2.50. The fourth-order valence-corrected chi connectivity index (χ4v) is 5.88. The first-order valence-corrected chi connectivity index (χ1v) is 11.3. The van der Waals surface area contributed by atoms with Crippen molar-refractivity contribution in [2.45, 2.75) is 56.2 Å². The predicted octanol–water partition coefficient (Wildman–Crippen LogP) is 1.73. The van der Waals surface area contributed by atoms with Crippen LogP contribution in [0, 0.1) is 0 Å². The Balaban J connectivity index is 1.40. The van der Waals surface area contributed by atoms with E-state index in [1.54, 1.807) is 4.90 Å². The third-order valence-electron chi connectivity index (χ3n) is 5.60. The SMILES string of the molecule is O=C(Cc1cn2ccccc2n1)N1CCCC(S(=O)(=O)NC2CCCC2)C1. The molecule has 1 unspecified atom stereocenters. The number of hydrogen-bond donors (Lipinski definition) is 1. The summed E-state index contributed by atoms with van der Waals surface area (Å²) in [5, 5.41) is -0.517. The number of hydrogen-bond acceptors (Lipinski definition) is 4. The summed E-state index contributed by atoms with van der Waals surface area (Å²) in [6.07, 6.45) is 9.29. The van der Waals surface area contributed by atoms with Crippen molar-refractivity contribution in [2.75, 3.05) is 13.1 Å². The lowest BCUT2D eigenvalue weighted by Gasteiger charge is -2.33. The minimum absolute atomic E-state index is 0.0563. The maximum atomic E-state index is 12.7. The zero-order chi connectivity index (χ0) is 18.9. The second-order valence-electron chi connectivity index (χ2n) is 7.62. The summed E-state index contributed by atoms with van der Waals surface area (Å²) in [4.78, 5) is 18.9. The number of carbonyl (C=O) groups excluding carboxylic acids is 1. The molecule has 146 valence electrons. The van der Waals surface area contributed by atoms with Crippen molar-refractivity contribution in [1.82, 2.24) is 19.0 Å². The third kappa shape index (κ3) is 4.16. The Kier molecular flexibility index (Phi) is 5.19. The molecule has 1 N–H and O–H groups in total. The van der Waals surface area contributed by atoms with Crippen molar-refractivity contribution >= 4 is 21.6 Å². The Hall–Kier alpha value is -1.93. The van der Waals surface area contributed by atoms with Gasteiger partial charge in [0.2, 0.25) is 15.9 Å². The van der Waals surface area contributed by atoms with Gasteiger partial charge < -0.3 is 9.30 Å². The number of likely N-dealkylation sites (tertiary alicyclic amines) is 1. The van der Waals surface area contributed by atoms with E-state index in [0.29, 0.717) is 25.1 Å². The molecule has 2 fully saturated rings. The van der Waals surface area contributed by atoms with Crippen molar-refractivity contribution < 1.29 is 13.2 Å². The van der Waals surface area contributed by atoms with Gasteiger partial charge in [0.15, 0.2) is 0 Å². The Morgan fingerprint density at radius 3 is 2.78 bits per heavy atom.